The van der Waals surface area contributed by atoms with Gasteiger partial charge in [0.15, 0.2) is 5.69 Å². The van der Waals surface area contributed by atoms with Gasteiger partial charge in [-0.2, -0.15) is 9.78 Å². The lowest BCUT2D eigenvalue weighted by Gasteiger charge is -2.31. The molecular formula is C20H25N9O3. The number of carbonyl (C=O) groups is 1. The van der Waals surface area contributed by atoms with Gasteiger partial charge in [0, 0.05) is 18.2 Å². The molecule has 1 aliphatic carbocycles. The number of nitrogens with one attached hydrogen (secondary N) is 1. The fourth-order valence-electron chi connectivity index (χ4n) is 3.83. The Hall–Kier alpha value is -3.80. The van der Waals surface area contributed by atoms with Crippen LogP contribution in [0.3, 0.4) is 0 Å². The first kappa shape index (κ1) is 21.4. The lowest BCUT2D eigenvalue weighted by molar-refractivity contribution is 0.0947. The second-order valence-electron chi connectivity index (χ2n) is 7.73. The Morgan fingerprint density at radius 1 is 1.34 bits per heavy atom. The molecule has 1 aliphatic rings. The van der Waals surface area contributed by atoms with Gasteiger partial charge in [0.1, 0.15) is 5.75 Å². The van der Waals surface area contributed by atoms with Crippen molar-refractivity contribution in [2.75, 3.05) is 12.8 Å². The van der Waals surface area contributed by atoms with Crippen LogP contribution in [0, 0.1) is 0 Å². The quantitative estimate of drug-likeness (QED) is 0.366. The zero-order valence-corrected chi connectivity index (χ0v) is 17.7. The van der Waals surface area contributed by atoms with Crippen LogP contribution in [0.15, 0.2) is 34.0 Å². The van der Waals surface area contributed by atoms with E-state index in [-0.39, 0.29) is 23.1 Å². The van der Waals surface area contributed by atoms with Gasteiger partial charge in [0.05, 0.1) is 11.9 Å². The highest BCUT2D eigenvalue weighted by molar-refractivity contribution is 5.94. The Kier molecular flexibility index (Phi) is 6.40. The Balaban J connectivity index is 1.58. The molecule has 1 saturated carbocycles. The molecule has 0 atom stereocenters. The normalized spacial score (nSPS) is 14.9. The average molecular weight is 439 g/mol. The number of rotatable bonds is 7. The van der Waals surface area contributed by atoms with Gasteiger partial charge in [-0.3, -0.25) is 9.69 Å². The molecule has 0 spiro atoms. The fraction of sp³-hybridized carbons (Fsp3) is 0.400. The third kappa shape index (κ3) is 4.59. The number of anilines is 1. The lowest BCUT2D eigenvalue weighted by Crippen LogP contribution is -2.34. The molecule has 0 saturated heterocycles. The van der Waals surface area contributed by atoms with Crippen LogP contribution in [-0.4, -0.2) is 60.5 Å². The van der Waals surface area contributed by atoms with Crippen LogP contribution in [0.2, 0.25) is 0 Å². The molecule has 0 unspecified atom stereocenters. The third-order valence-electron chi connectivity index (χ3n) is 5.58. The minimum Gasteiger partial charge on any atom is -0.507 e. The minimum atomic E-state index is -0.551. The fourth-order valence-corrected chi connectivity index (χ4v) is 3.83. The molecule has 4 N–H and O–H groups in total. The van der Waals surface area contributed by atoms with Gasteiger partial charge in [-0.05, 0) is 42.3 Å². The Morgan fingerprint density at radius 3 is 2.84 bits per heavy atom. The molecule has 0 aliphatic heterocycles. The molecule has 2 heterocycles. The van der Waals surface area contributed by atoms with Crippen LogP contribution in [-0.2, 0) is 6.54 Å². The number of hydrazone groups is 1. The van der Waals surface area contributed by atoms with Crippen molar-refractivity contribution < 1.29 is 14.5 Å². The summed E-state index contributed by atoms with van der Waals surface area (Å²) in [5.41, 5.74) is 9.33. The Bertz CT molecular complexity index is 1100. The summed E-state index contributed by atoms with van der Waals surface area (Å²) >= 11 is 0. The maximum absolute atomic E-state index is 12.9. The van der Waals surface area contributed by atoms with Crippen LogP contribution in [0.25, 0.3) is 5.82 Å². The largest absolute Gasteiger partial charge is 0.507 e. The Morgan fingerprint density at radius 2 is 2.12 bits per heavy atom. The standard InChI is InChI=1S/C20H25N9O3/c1-28(14-8-3-2-4-9-14)12-15-17(23-27-29(15)19-18(21)25-32-26-19)20(31)24-22-11-13-7-5-6-10-16(13)30/h5-7,10-11,14,30H,2-4,8-9,12H2,1H3,(H2,21,25)(H,24,31)/b22-11+. The zero-order valence-electron chi connectivity index (χ0n) is 17.7. The third-order valence-corrected chi connectivity index (χ3v) is 5.58. The summed E-state index contributed by atoms with van der Waals surface area (Å²) in [6.45, 7) is 0.399. The van der Waals surface area contributed by atoms with Crippen molar-refractivity contribution in [3.05, 3.63) is 41.2 Å². The zero-order chi connectivity index (χ0) is 22.5. The smallest absolute Gasteiger partial charge is 0.293 e. The number of phenols is 1. The second-order valence-corrected chi connectivity index (χ2v) is 7.73. The Labute approximate surface area is 184 Å². The molecule has 32 heavy (non-hydrogen) atoms. The number of amides is 1. The van der Waals surface area contributed by atoms with E-state index in [0.29, 0.717) is 23.8 Å². The van der Waals surface area contributed by atoms with Crippen molar-refractivity contribution in [1.82, 2.24) is 35.6 Å². The molecule has 168 valence electrons. The molecule has 1 aromatic carbocycles. The number of nitrogens with zero attached hydrogens (tertiary/aromatic N) is 7. The predicted octanol–water partition coefficient (Wildman–Crippen LogP) is 1.47. The summed E-state index contributed by atoms with van der Waals surface area (Å²) in [6.07, 6.45) is 7.15. The van der Waals surface area contributed by atoms with Crippen LogP contribution in [0.1, 0.15) is 53.8 Å². The van der Waals surface area contributed by atoms with Crippen molar-refractivity contribution in [3.8, 4) is 11.6 Å². The summed E-state index contributed by atoms with van der Waals surface area (Å²) in [4.78, 5) is 15.0. The van der Waals surface area contributed by atoms with Crippen molar-refractivity contribution in [1.29, 1.82) is 0 Å². The number of para-hydroxylation sites is 1. The summed E-state index contributed by atoms with van der Waals surface area (Å²) < 4.78 is 6.06. The first-order chi connectivity index (χ1) is 15.5. The molecule has 0 radical (unpaired) electrons. The molecule has 1 amide bonds. The molecular weight excluding hydrogens is 414 g/mol. The maximum atomic E-state index is 12.9. The number of aromatic hydroxyl groups is 1. The van der Waals surface area contributed by atoms with Gasteiger partial charge >= 0.3 is 0 Å². The number of benzene rings is 1. The van der Waals surface area contributed by atoms with Crippen molar-refractivity contribution in [3.63, 3.8) is 0 Å². The molecule has 1 fully saturated rings. The molecule has 12 heteroatoms. The number of phenolic OH excluding ortho intramolecular Hbond substituents is 1. The van der Waals surface area contributed by atoms with Crippen molar-refractivity contribution in [2.24, 2.45) is 5.10 Å². The van der Waals surface area contributed by atoms with E-state index >= 15 is 0 Å². The van der Waals surface area contributed by atoms with E-state index in [4.69, 9.17) is 10.4 Å². The number of hydrogen-bond acceptors (Lipinski definition) is 10. The van der Waals surface area contributed by atoms with E-state index in [0.717, 1.165) is 12.8 Å². The van der Waals surface area contributed by atoms with Crippen molar-refractivity contribution in [2.45, 2.75) is 44.7 Å². The predicted molar refractivity (Wildman–Crippen MR) is 115 cm³/mol. The second kappa shape index (κ2) is 9.56. The number of nitrogen functional groups attached to an aromatic ring is 1. The van der Waals surface area contributed by atoms with Gasteiger partial charge in [-0.15, -0.1) is 5.10 Å². The molecule has 2 aromatic heterocycles. The van der Waals surface area contributed by atoms with Gasteiger partial charge in [0.25, 0.3) is 5.91 Å². The summed E-state index contributed by atoms with van der Waals surface area (Å²) in [6, 6.07) is 7.05. The molecule has 3 aromatic rings. The van der Waals surface area contributed by atoms with E-state index in [9.17, 15) is 9.90 Å². The summed E-state index contributed by atoms with van der Waals surface area (Å²) in [5, 5.41) is 29.2. The van der Waals surface area contributed by atoms with Gasteiger partial charge in [0.2, 0.25) is 11.6 Å². The van der Waals surface area contributed by atoms with E-state index in [2.05, 4.69) is 36.1 Å². The van der Waals surface area contributed by atoms with Crippen LogP contribution < -0.4 is 11.2 Å². The summed E-state index contributed by atoms with van der Waals surface area (Å²) in [5.74, 6) is -0.285. The van der Waals surface area contributed by atoms with E-state index in [1.54, 1.807) is 18.2 Å². The van der Waals surface area contributed by atoms with Gasteiger partial charge in [-0.25, -0.2) is 10.1 Å². The highest BCUT2D eigenvalue weighted by atomic mass is 16.6. The monoisotopic (exact) mass is 439 g/mol. The van der Waals surface area contributed by atoms with Gasteiger partial charge in [-0.1, -0.05) is 36.6 Å². The van der Waals surface area contributed by atoms with E-state index in [1.165, 1.54) is 36.2 Å². The first-order valence-electron chi connectivity index (χ1n) is 10.4. The van der Waals surface area contributed by atoms with Crippen LogP contribution >= 0.6 is 0 Å². The lowest BCUT2D eigenvalue weighted by atomic mass is 9.94. The number of aromatic nitrogens is 5. The number of carbonyl (C=O) groups excluding carboxylic acids is 1. The van der Waals surface area contributed by atoms with Crippen molar-refractivity contribution >= 4 is 17.9 Å². The van der Waals surface area contributed by atoms with Gasteiger partial charge < -0.3 is 10.8 Å². The van der Waals surface area contributed by atoms with Crippen LogP contribution in [0.5, 0.6) is 5.75 Å². The molecule has 0 bridgehead atoms. The SMILES string of the molecule is CN(Cc1c(C(=O)N/N=C/c2ccccc2O)nnn1-c1nonc1N)C1CCCCC1. The highest BCUT2D eigenvalue weighted by Gasteiger charge is 2.27. The number of nitrogens with two attached hydrogens (primary N) is 1. The topological polar surface area (TPSA) is 161 Å². The van der Waals surface area contributed by atoms with E-state index in [1.807, 2.05) is 7.05 Å². The first-order valence-corrected chi connectivity index (χ1v) is 10.4. The maximum Gasteiger partial charge on any atom is 0.293 e. The molecule has 4 rings (SSSR count). The van der Waals surface area contributed by atoms with Crippen LogP contribution in [0.4, 0.5) is 5.82 Å². The van der Waals surface area contributed by atoms with E-state index < -0.39 is 5.91 Å². The summed E-state index contributed by atoms with van der Waals surface area (Å²) in [7, 11) is 2.01. The molecule has 12 nitrogen and oxygen atoms in total. The highest BCUT2D eigenvalue weighted by Crippen LogP contribution is 2.24. The number of hydrogen-bond donors (Lipinski definition) is 3. The minimum absolute atomic E-state index is 0.0426. The average Bonchev–Trinajstić information content (AvgIpc) is 3.41.